The summed E-state index contributed by atoms with van der Waals surface area (Å²) in [6.07, 6.45) is -3.61. The largest absolute Gasteiger partial charge is 0.494 e. The molecule has 1 amide bonds. The van der Waals surface area contributed by atoms with E-state index in [9.17, 15) is 26.4 Å². The third-order valence-corrected chi connectivity index (χ3v) is 6.86. The number of anilines is 1. The van der Waals surface area contributed by atoms with Gasteiger partial charge in [-0.25, -0.2) is 8.42 Å². The molecule has 0 aromatic heterocycles. The molecule has 168 valence electrons. The first kappa shape index (κ1) is 23.1. The van der Waals surface area contributed by atoms with E-state index in [0.29, 0.717) is 25.2 Å². The SMILES string of the molecule is CCOc1ccc(S(=O)(=O)N2CCC[C@@H](C(=O)Nc3cccc(C(F)(F)F)c3)C2)cc1. The van der Waals surface area contributed by atoms with Crippen LogP contribution in [0, 0.1) is 5.92 Å². The minimum absolute atomic E-state index is 0.0197. The summed E-state index contributed by atoms with van der Waals surface area (Å²) in [6.45, 7) is 2.51. The molecular formula is C21H23F3N2O4S. The molecule has 6 nitrogen and oxygen atoms in total. The Morgan fingerprint density at radius 3 is 2.55 bits per heavy atom. The van der Waals surface area contributed by atoms with Gasteiger partial charge in [-0.2, -0.15) is 17.5 Å². The van der Waals surface area contributed by atoms with E-state index in [2.05, 4.69) is 5.32 Å². The van der Waals surface area contributed by atoms with E-state index in [4.69, 9.17) is 4.74 Å². The van der Waals surface area contributed by atoms with Crippen LogP contribution >= 0.6 is 0 Å². The molecule has 0 bridgehead atoms. The van der Waals surface area contributed by atoms with Crippen LogP contribution in [0.1, 0.15) is 25.3 Å². The Kier molecular flexibility index (Phi) is 6.90. The number of piperidine rings is 1. The van der Waals surface area contributed by atoms with Crippen LogP contribution < -0.4 is 10.1 Å². The van der Waals surface area contributed by atoms with Crippen LogP contribution in [0.2, 0.25) is 0 Å². The van der Waals surface area contributed by atoms with Crippen molar-refractivity contribution < 1.29 is 31.1 Å². The zero-order chi connectivity index (χ0) is 22.6. The average molecular weight is 456 g/mol. The fourth-order valence-electron chi connectivity index (χ4n) is 3.42. The molecule has 0 unspecified atom stereocenters. The number of halogens is 3. The van der Waals surface area contributed by atoms with Gasteiger partial charge in [-0.1, -0.05) is 6.07 Å². The highest BCUT2D eigenvalue weighted by Crippen LogP contribution is 2.31. The van der Waals surface area contributed by atoms with Gasteiger partial charge in [0.15, 0.2) is 0 Å². The molecule has 0 radical (unpaired) electrons. The van der Waals surface area contributed by atoms with Gasteiger partial charge in [-0.05, 0) is 62.2 Å². The van der Waals surface area contributed by atoms with Gasteiger partial charge in [0.05, 0.1) is 23.0 Å². The fraction of sp³-hybridized carbons (Fsp3) is 0.381. The number of hydrogen-bond acceptors (Lipinski definition) is 4. The second-order valence-corrected chi connectivity index (χ2v) is 9.11. The van der Waals surface area contributed by atoms with Gasteiger partial charge in [0.25, 0.3) is 0 Å². The lowest BCUT2D eigenvalue weighted by atomic mass is 9.98. The van der Waals surface area contributed by atoms with E-state index < -0.39 is 33.6 Å². The van der Waals surface area contributed by atoms with Crippen LogP contribution in [0.5, 0.6) is 5.75 Å². The Hall–Kier alpha value is -2.59. The van der Waals surface area contributed by atoms with Crippen LogP contribution in [-0.4, -0.2) is 38.3 Å². The van der Waals surface area contributed by atoms with Crippen molar-refractivity contribution in [2.75, 3.05) is 25.0 Å². The highest BCUT2D eigenvalue weighted by molar-refractivity contribution is 7.89. The molecule has 0 spiro atoms. The summed E-state index contributed by atoms with van der Waals surface area (Å²) in [5.41, 5.74) is -0.847. The summed E-state index contributed by atoms with van der Waals surface area (Å²) in [5.74, 6) is -0.620. The number of amides is 1. The molecule has 2 aromatic carbocycles. The number of sulfonamides is 1. The molecule has 0 aliphatic carbocycles. The number of carbonyl (C=O) groups is 1. The zero-order valence-corrected chi connectivity index (χ0v) is 17.7. The van der Waals surface area contributed by atoms with Gasteiger partial charge in [0.1, 0.15) is 5.75 Å². The lowest BCUT2D eigenvalue weighted by molar-refractivity contribution is -0.137. The Bertz CT molecular complexity index is 1020. The maximum absolute atomic E-state index is 13.0. The normalized spacial score (nSPS) is 17.9. The number of benzene rings is 2. The molecule has 3 rings (SSSR count). The number of nitrogens with one attached hydrogen (secondary N) is 1. The molecule has 1 aliphatic heterocycles. The highest BCUT2D eigenvalue weighted by Gasteiger charge is 2.34. The molecule has 0 saturated carbocycles. The molecule has 10 heteroatoms. The molecule has 1 fully saturated rings. The van der Waals surface area contributed by atoms with Gasteiger partial charge in [0.2, 0.25) is 15.9 Å². The van der Waals surface area contributed by atoms with E-state index >= 15 is 0 Å². The van der Waals surface area contributed by atoms with Crippen molar-refractivity contribution in [1.29, 1.82) is 0 Å². The van der Waals surface area contributed by atoms with Crippen molar-refractivity contribution in [3.8, 4) is 5.75 Å². The number of nitrogens with zero attached hydrogens (tertiary/aromatic N) is 1. The van der Waals surface area contributed by atoms with Crippen molar-refractivity contribution in [3.63, 3.8) is 0 Å². The van der Waals surface area contributed by atoms with Gasteiger partial charge in [0, 0.05) is 18.8 Å². The summed E-state index contributed by atoms with van der Waals surface area (Å²) in [5, 5.41) is 2.48. The number of alkyl halides is 3. The van der Waals surface area contributed by atoms with E-state index in [-0.39, 0.29) is 23.7 Å². The second kappa shape index (κ2) is 9.27. The minimum Gasteiger partial charge on any atom is -0.494 e. The maximum Gasteiger partial charge on any atom is 0.416 e. The van der Waals surface area contributed by atoms with Crippen molar-refractivity contribution in [2.45, 2.75) is 30.8 Å². The van der Waals surface area contributed by atoms with Crippen molar-refractivity contribution in [1.82, 2.24) is 4.31 Å². The van der Waals surface area contributed by atoms with E-state index in [0.717, 1.165) is 12.1 Å². The zero-order valence-electron chi connectivity index (χ0n) is 16.9. The lowest BCUT2D eigenvalue weighted by Crippen LogP contribution is -2.43. The third-order valence-electron chi connectivity index (χ3n) is 4.98. The van der Waals surface area contributed by atoms with Crippen LogP contribution in [0.3, 0.4) is 0 Å². The first-order valence-corrected chi connectivity index (χ1v) is 11.3. The first-order valence-electron chi connectivity index (χ1n) is 9.82. The van der Waals surface area contributed by atoms with E-state index in [1.807, 2.05) is 6.92 Å². The predicted octanol–water partition coefficient (Wildman–Crippen LogP) is 4.14. The second-order valence-electron chi connectivity index (χ2n) is 7.17. The number of carbonyl (C=O) groups excluding carboxylic acids is 1. The summed E-state index contributed by atoms with van der Waals surface area (Å²) < 4.78 is 71.1. The predicted molar refractivity (Wildman–Crippen MR) is 109 cm³/mol. The standard InChI is InChI=1S/C21H23F3N2O4S/c1-2-30-18-8-10-19(11-9-18)31(28,29)26-12-4-5-15(14-26)20(27)25-17-7-3-6-16(13-17)21(22,23)24/h3,6-11,13,15H,2,4-5,12,14H2,1H3,(H,25,27)/t15-/m1/s1. The molecule has 1 saturated heterocycles. The van der Waals surface area contributed by atoms with Gasteiger partial charge < -0.3 is 10.1 Å². The number of hydrogen-bond donors (Lipinski definition) is 1. The Labute approximate surface area is 179 Å². The summed E-state index contributed by atoms with van der Waals surface area (Å²) >= 11 is 0. The van der Waals surface area contributed by atoms with Crippen molar-refractivity contribution in [3.05, 3.63) is 54.1 Å². The first-order chi connectivity index (χ1) is 14.6. The molecule has 2 aromatic rings. The molecule has 1 heterocycles. The Balaban J connectivity index is 1.70. The monoisotopic (exact) mass is 456 g/mol. The molecule has 1 atom stereocenters. The summed E-state index contributed by atoms with van der Waals surface area (Å²) in [7, 11) is -3.81. The third kappa shape index (κ3) is 5.56. The Morgan fingerprint density at radius 1 is 1.19 bits per heavy atom. The van der Waals surface area contributed by atoms with Gasteiger partial charge in [-0.15, -0.1) is 0 Å². The summed E-state index contributed by atoms with van der Waals surface area (Å²) in [6, 6.07) is 10.4. The van der Waals surface area contributed by atoms with Crippen molar-refractivity contribution >= 4 is 21.6 Å². The van der Waals surface area contributed by atoms with E-state index in [1.165, 1.54) is 28.6 Å². The quantitative estimate of drug-likeness (QED) is 0.709. The smallest absolute Gasteiger partial charge is 0.416 e. The maximum atomic E-state index is 13.0. The fourth-order valence-corrected chi connectivity index (χ4v) is 4.94. The van der Waals surface area contributed by atoms with Gasteiger partial charge >= 0.3 is 6.18 Å². The molecule has 31 heavy (non-hydrogen) atoms. The Morgan fingerprint density at radius 2 is 1.90 bits per heavy atom. The lowest BCUT2D eigenvalue weighted by Gasteiger charge is -2.31. The molecule has 1 aliphatic rings. The van der Waals surface area contributed by atoms with Gasteiger partial charge in [-0.3, -0.25) is 4.79 Å². The average Bonchev–Trinajstić information content (AvgIpc) is 2.74. The number of ether oxygens (including phenoxy) is 1. The van der Waals surface area contributed by atoms with Crippen LogP contribution in [0.15, 0.2) is 53.4 Å². The van der Waals surface area contributed by atoms with Crippen LogP contribution in [0.4, 0.5) is 18.9 Å². The molecular weight excluding hydrogens is 433 g/mol. The van der Waals surface area contributed by atoms with E-state index in [1.54, 1.807) is 12.1 Å². The number of rotatable bonds is 6. The topological polar surface area (TPSA) is 75.7 Å². The highest BCUT2D eigenvalue weighted by atomic mass is 32.2. The molecule has 1 N–H and O–H groups in total. The van der Waals surface area contributed by atoms with Crippen molar-refractivity contribution in [2.24, 2.45) is 5.92 Å². The minimum atomic E-state index is -4.52. The van der Waals surface area contributed by atoms with Crippen LogP contribution in [0.25, 0.3) is 0 Å². The van der Waals surface area contributed by atoms with Crippen LogP contribution in [-0.2, 0) is 21.0 Å². The summed E-state index contributed by atoms with van der Waals surface area (Å²) in [4.78, 5) is 12.7.